The smallest absolute Gasteiger partial charge is 0.254 e. The second kappa shape index (κ2) is 9.99. The van der Waals surface area contributed by atoms with Crippen LogP contribution in [0.25, 0.3) is 0 Å². The minimum atomic E-state index is -0.293. The standard InChI is InChI=1S/C22H24Cl2N2O3/c1-29-20-12-11-17(24)13-19(20)25-21(27)14-26(18-5-3-2-4-6-18)22(28)15-7-9-16(23)10-8-15/h7-13,18H,2-6,14H2,1H3,(H,25,27). The van der Waals surface area contributed by atoms with Gasteiger partial charge in [-0.05, 0) is 55.3 Å². The Balaban J connectivity index is 1.79. The molecule has 0 aliphatic heterocycles. The van der Waals surface area contributed by atoms with Crippen molar-refractivity contribution in [1.82, 2.24) is 4.90 Å². The molecule has 1 aliphatic carbocycles. The zero-order valence-electron chi connectivity index (χ0n) is 16.3. The second-order valence-electron chi connectivity index (χ2n) is 7.12. The molecular weight excluding hydrogens is 411 g/mol. The lowest BCUT2D eigenvalue weighted by Crippen LogP contribution is -2.45. The van der Waals surface area contributed by atoms with E-state index in [1.807, 2.05) is 0 Å². The summed E-state index contributed by atoms with van der Waals surface area (Å²) in [7, 11) is 1.53. The van der Waals surface area contributed by atoms with Gasteiger partial charge < -0.3 is 15.0 Å². The van der Waals surface area contributed by atoms with Gasteiger partial charge in [-0.15, -0.1) is 0 Å². The van der Waals surface area contributed by atoms with Crippen molar-refractivity contribution in [3.05, 3.63) is 58.1 Å². The Bertz CT molecular complexity index is 865. The molecule has 7 heteroatoms. The molecule has 0 bridgehead atoms. The fraction of sp³-hybridized carbons (Fsp3) is 0.364. The number of nitrogens with zero attached hydrogens (tertiary/aromatic N) is 1. The van der Waals surface area contributed by atoms with Gasteiger partial charge in [-0.3, -0.25) is 9.59 Å². The number of carbonyl (C=O) groups is 2. The van der Waals surface area contributed by atoms with Gasteiger partial charge >= 0.3 is 0 Å². The van der Waals surface area contributed by atoms with Crippen LogP contribution in [0.2, 0.25) is 10.0 Å². The number of benzene rings is 2. The maximum absolute atomic E-state index is 13.2. The Morgan fingerprint density at radius 2 is 1.69 bits per heavy atom. The molecule has 0 atom stereocenters. The molecule has 0 aromatic heterocycles. The first-order valence-electron chi connectivity index (χ1n) is 9.68. The molecule has 1 N–H and O–H groups in total. The van der Waals surface area contributed by atoms with Crippen LogP contribution in [0.5, 0.6) is 5.75 Å². The number of ether oxygens (including phenoxy) is 1. The molecule has 2 aromatic carbocycles. The van der Waals surface area contributed by atoms with Crippen molar-refractivity contribution in [1.29, 1.82) is 0 Å². The van der Waals surface area contributed by atoms with Crippen LogP contribution in [-0.2, 0) is 4.79 Å². The van der Waals surface area contributed by atoms with Gasteiger partial charge in [0.2, 0.25) is 5.91 Å². The predicted molar refractivity (Wildman–Crippen MR) is 116 cm³/mol. The molecule has 0 unspecified atom stereocenters. The Kier molecular flexibility index (Phi) is 7.40. The average molecular weight is 435 g/mol. The van der Waals surface area contributed by atoms with Gasteiger partial charge in [0.15, 0.2) is 0 Å². The number of hydrogen-bond donors (Lipinski definition) is 1. The van der Waals surface area contributed by atoms with E-state index in [0.29, 0.717) is 27.0 Å². The van der Waals surface area contributed by atoms with Crippen molar-refractivity contribution in [3.8, 4) is 5.75 Å². The van der Waals surface area contributed by atoms with Gasteiger partial charge in [-0.1, -0.05) is 42.5 Å². The minimum Gasteiger partial charge on any atom is -0.495 e. The molecule has 0 spiro atoms. The molecule has 0 radical (unpaired) electrons. The number of nitrogens with one attached hydrogen (secondary N) is 1. The van der Waals surface area contributed by atoms with E-state index in [9.17, 15) is 9.59 Å². The van der Waals surface area contributed by atoms with Crippen molar-refractivity contribution in [3.63, 3.8) is 0 Å². The highest BCUT2D eigenvalue weighted by Gasteiger charge is 2.28. The van der Waals surface area contributed by atoms with E-state index in [1.165, 1.54) is 7.11 Å². The van der Waals surface area contributed by atoms with Crippen molar-refractivity contribution >= 4 is 40.7 Å². The van der Waals surface area contributed by atoms with Gasteiger partial charge in [0.05, 0.1) is 12.8 Å². The molecule has 1 aliphatic rings. The van der Waals surface area contributed by atoms with E-state index >= 15 is 0 Å². The largest absolute Gasteiger partial charge is 0.495 e. The number of carbonyl (C=O) groups excluding carboxylic acids is 2. The molecular formula is C22H24Cl2N2O3. The molecule has 29 heavy (non-hydrogen) atoms. The zero-order valence-corrected chi connectivity index (χ0v) is 17.8. The molecule has 5 nitrogen and oxygen atoms in total. The number of hydrogen-bond acceptors (Lipinski definition) is 3. The summed E-state index contributed by atoms with van der Waals surface area (Å²) in [5, 5.41) is 3.88. The maximum atomic E-state index is 13.2. The summed E-state index contributed by atoms with van der Waals surface area (Å²) >= 11 is 12.0. The summed E-state index contributed by atoms with van der Waals surface area (Å²) in [6.07, 6.45) is 5.06. The number of amides is 2. The normalized spacial score (nSPS) is 14.3. The molecule has 1 fully saturated rings. The first kappa shape index (κ1) is 21.5. The lowest BCUT2D eigenvalue weighted by Gasteiger charge is -2.34. The van der Waals surface area contributed by atoms with E-state index in [4.69, 9.17) is 27.9 Å². The quantitative estimate of drug-likeness (QED) is 0.660. The Labute approximate surface area is 180 Å². The highest BCUT2D eigenvalue weighted by molar-refractivity contribution is 6.31. The van der Waals surface area contributed by atoms with Crippen LogP contribution in [0.15, 0.2) is 42.5 Å². The van der Waals surface area contributed by atoms with Crippen LogP contribution in [0.3, 0.4) is 0 Å². The summed E-state index contributed by atoms with van der Waals surface area (Å²) in [5.41, 5.74) is 1.00. The summed E-state index contributed by atoms with van der Waals surface area (Å²) < 4.78 is 5.28. The third kappa shape index (κ3) is 5.64. The fourth-order valence-electron chi connectivity index (χ4n) is 3.64. The summed E-state index contributed by atoms with van der Waals surface area (Å²) in [6, 6.07) is 11.8. The fourth-order valence-corrected chi connectivity index (χ4v) is 3.94. The molecule has 154 valence electrons. The van der Waals surface area contributed by atoms with Gasteiger partial charge in [-0.2, -0.15) is 0 Å². The van der Waals surface area contributed by atoms with E-state index in [-0.39, 0.29) is 24.4 Å². The molecule has 3 rings (SSSR count). The number of methoxy groups -OCH3 is 1. The topological polar surface area (TPSA) is 58.6 Å². The highest BCUT2D eigenvalue weighted by Crippen LogP contribution is 2.28. The molecule has 2 amide bonds. The Hall–Kier alpha value is -2.24. The SMILES string of the molecule is COc1ccc(Cl)cc1NC(=O)CN(C(=O)c1ccc(Cl)cc1)C1CCCCC1. The molecule has 1 saturated carbocycles. The number of rotatable bonds is 6. The van der Waals surface area contributed by atoms with E-state index in [0.717, 1.165) is 32.1 Å². The number of anilines is 1. The molecule has 0 saturated heterocycles. The molecule has 0 heterocycles. The first-order chi connectivity index (χ1) is 14.0. The monoisotopic (exact) mass is 434 g/mol. The zero-order chi connectivity index (χ0) is 20.8. The summed E-state index contributed by atoms with van der Waals surface area (Å²) in [4.78, 5) is 27.7. The Morgan fingerprint density at radius 3 is 2.34 bits per heavy atom. The van der Waals surface area contributed by atoms with E-state index in [2.05, 4.69) is 5.32 Å². The van der Waals surface area contributed by atoms with Crippen molar-refractivity contribution in [2.45, 2.75) is 38.1 Å². The van der Waals surface area contributed by atoms with E-state index < -0.39 is 0 Å². The molecule has 2 aromatic rings. The lowest BCUT2D eigenvalue weighted by atomic mass is 9.93. The van der Waals surface area contributed by atoms with Crippen LogP contribution in [0, 0.1) is 0 Å². The van der Waals surface area contributed by atoms with Crippen LogP contribution in [0.1, 0.15) is 42.5 Å². The maximum Gasteiger partial charge on any atom is 0.254 e. The summed E-state index contributed by atoms with van der Waals surface area (Å²) in [5.74, 6) is 0.0521. The van der Waals surface area contributed by atoms with Gasteiger partial charge in [0, 0.05) is 21.7 Å². The predicted octanol–water partition coefficient (Wildman–Crippen LogP) is 5.42. The van der Waals surface area contributed by atoms with Gasteiger partial charge in [-0.25, -0.2) is 0 Å². The van der Waals surface area contributed by atoms with Crippen LogP contribution >= 0.6 is 23.2 Å². The summed E-state index contributed by atoms with van der Waals surface area (Å²) in [6.45, 7) is -0.0399. The van der Waals surface area contributed by atoms with Gasteiger partial charge in [0.1, 0.15) is 12.3 Å². The third-order valence-electron chi connectivity index (χ3n) is 5.12. The minimum absolute atomic E-state index is 0.0399. The van der Waals surface area contributed by atoms with Crippen LogP contribution in [0.4, 0.5) is 5.69 Å². The highest BCUT2D eigenvalue weighted by atomic mass is 35.5. The van der Waals surface area contributed by atoms with E-state index in [1.54, 1.807) is 47.4 Å². The second-order valence-corrected chi connectivity index (χ2v) is 8.00. The van der Waals surface area contributed by atoms with Crippen molar-refractivity contribution < 1.29 is 14.3 Å². The van der Waals surface area contributed by atoms with Gasteiger partial charge in [0.25, 0.3) is 5.91 Å². The average Bonchev–Trinajstić information content (AvgIpc) is 2.73. The Morgan fingerprint density at radius 1 is 1.03 bits per heavy atom. The third-order valence-corrected chi connectivity index (χ3v) is 5.60. The van der Waals surface area contributed by atoms with Crippen LogP contribution < -0.4 is 10.1 Å². The van der Waals surface area contributed by atoms with Crippen molar-refractivity contribution in [2.75, 3.05) is 19.0 Å². The number of halogens is 2. The van der Waals surface area contributed by atoms with Crippen LogP contribution in [-0.4, -0.2) is 36.4 Å². The van der Waals surface area contributed by atoms with Crippen molar-refractivity contribution in [2.24, 2.45) is 0 Å². The first-order valence-corrected chi connectivity index (χ1v) is 10.4. The lowest BCUT2D eigenvalue weighted by molar-refractivity contribution is -0.117.